The summed E-state index contributed by atoms with van der Waals surface area (Å²) in [5.41, 5.74) is 3.54. The fourth-order valence-corrected chi connectivity index (χ4v) is 3.43. The van der Waals surface area contributed by atoms with Crippen LogP contribution in [0.15, 0.2) is 65.7 Å². The van der Waals surface area contributed by atoms with Gasteiger partial charge in [0.2, 0.25) is 0 Å². The monoisotopic (exact) mass is 315 g/mol. The van der Waals surface area contributed by atoms with E-state index in [9.17, 15) is 4.79 Å². The lowest BCUT2D eigenvalue weighted by atomic mass is 9.87. The molecule has 1 unspecified atom stereocenters. The number of hydrogen-bond acceptors (Lipinski definition) is 2. The first-order chi connectivity index (χ1) is 11.6. The van der Waals surface area contributed by atoms with Crippen LogP contribution in [0.1, 0.15) is 18.1 Å². The first-order valence-electron chi connectivity index (χ1n) is 7.93. The molecule has 0 aromatic heterocycles. The number of carbonyl (C=O) groups is 1. The van der Waals surface area contributed by atoms with Gasteiger partial charge in [-0.15, -0.1) is 0 Å². The molecular formula is C21H17NO2. The number of nitrogens with zero attached hydrogens (tertiary/aromatic N) is 1. The molecule has 1 spiro atoms. The third-order valence-electron chi connectivity index (χ3n) is 4.80. The van der Waals surface area contributed by atoms with Gasteiger partial charge in [-0.2, -0.15) is 0 Å². The van der Waals surface area contributed by atoms with Crippen molar-refractivity contribution in [1.82, 2.24) is 0 Å². The van der Waals surface area contributed by atoms with E-state index in [4.69, 9.17) is 4.74 Å². The van der Waals surface area contributed by atoms with E-state index in [0.29, 0.717) is 6.61 Å². The minimum absolute atomic E-state index is 0.0438. The number of ether oxygens (including phenoxy) is 1. The third-order valence-corrected chi connectivity index (χ3v) is 4.80. The molecule has 2 aromatic rings. The average Bonchev–Trinajstić information content (AvgIpc) is 3.07. The summed E-state index contributed by atoms with van der Waals surface area (Å²) < 4.78 is 6.06. The summed E-state index contributed by atoms with van der Waals surface area (Å²) in [6, 6.07) is 17.6. The van der Waals surface area contributed by atoms with Crippen LogP contribution in [0.2, 0.25) is 0 Å². The van der Waals surface area contributed by atoms with Crippen LogP contribution in [-0.2, 0) is 15.1 Å². The maximum Gasteiger partial charge on any atom is 0.268 e. The Morgan fingerprint density at radius 2 is 1.75 bits per heavy atom. The molecule has 2 aliphatic heterocycles. The normalized spacial score (nSPS) is 21.9. The van der Waals surface area contributed by atoms with Crippen molar-refractivity contribution in [3.8, 4) is 11.8 Å². The highest BCUT2D eigenvalue weighted by molar-refractivity contribution is 6.09. The summed E-state index contributed by atoms with van der Waals surface area (Å²) in [6.45, 7) is 2.31. The number of fused-ring (bicyclic) bond motifs is 2. The molecule has 0 radical (unpaired) electrons. The first kappa shape index (κ1) is 14.7. The van der Waals surface area contributed by atoms with E-state index in [-0.39, 0.29) is 5.91 Å². The van der Waals surface area contributed by atoms with Crippen LogP contribution in [0.25, 0.3) is 0 Å². The Morgan fingerprint density at radius 1 is 1.04 bits per heavy atom. The maximum absolute atomic E-state index is 12.9. The highest BCUT2D eigenvalue weighted by Gasteiger charge is 2.55. The molecule has 2 heterocycles. The number of carbonyl (C=O) groups excluding carboxylic acids is 1. The fraction of sp³-hybridized carbons (Fsp3) is 0.190. The van der Waals surface area contributed by atoms with Crippen molar-refractivity contribution in [2.45, 2.75) is 12.5 Å². The quantitative estimate of drug-likeness (QED) is 0.698. The molecular weight excluding hydrogens is 298 g/mol. The van der Waals surface area contributed by atoms with Crippen LogP contribution in [0.5, 0.6) is 0 Å². The third kappa shape index (κ3) is 1.94. The van der Waals surface area contributed by atoms with Gasteiger partial charge in [0, 0.05) is 23.7 Å². The number of amides is 1. The summed E-state index contributed by atoms with van der Waals surface area (Å²) in [4.78, 5) is 14.6. The van der Waals surface area contributed by atoms with Crippen molar-refractivity contribution >= 4 is 11.6 Å². The summed E-state index contributed by atoms with van der Waals surface area (Å²) in [6.07, 6.45) is 0. The molecule has 1 amide bonds. The Labute approximate surface area is 141 Å². The number of hydrogen-bond donors (Lipinski definition) is 0. The fourth-order valence-electron chi connectivity index (χ4n) is 3.43. The van der Waals surface area contributed by atoms with Crippen LogP contribution in [-0.4, -0.2) is 19.6 Å². The molecule has 0 bridgehead atoms. The van der Waals surface area contributed by atoms with Gasteiger partial charge in [-0.3, -0.25) is 4.79 Å². The van der Waals surface area contributed by atoms with Gasteiger partial charge in [-0.1, -0.05) is 48.2 Å². The zero-order valence-corrected chi connectivity index (χ0v) is 13.7. The second-order valence-electron chi connectivity index (χ2n) is 6.07. The Kier molecular flexibility index (Phi) is 3.30. The van der Waals surface area contributed by atoms with Crippen LogP contribution >= 0.6 is 0 Å². The molecule has 3 heteroatoms. The number of anilines is 1. The summed E-state index contributed by atoms with van der Waals surface area (Å²) >= 11 is 0. The maximum atomic E-state index is 12.9. The van der Waals surface area contributed by atoms with Gasteiger partial charge < -0.3 is 9.64 Å². The first-order valence-corrected chi connectivity index (χ1v) is 7.93. The van der Waals surface area contributed by atoms with Crippen molar-refractivity contribution < 1.29 is 9.53 Å². The molecule has 0 fully saturated rings. The zero-order chi connectivity index (χ0) is 16.7. The van der Waals surface area contributed by atoms with Crippen LogP contribution < -0.4 is 4.90 Å². The Balaban J connectivity index is 1.81. The number of likely N-dealkylation sites (N-methyl/N-ethyl adjacent to an activating group) is 1. The predicted molar refractivity (Wildman–Crippen MR) is 93.5 cm³/mol. The standard InChI is InChI=1S/C21H17NO2/c1-15-17(13-12-16-8-4-3-5-9-16)14-24-21(15)18-10-6-7-11-19(18)22(2)20(21)23/h3-11H,14H2,1-2H3. The molecule has 2 aliphatic rings. The van der Waals surface area contributed by atoms with E-state index < -0.39 is 5.60 Å². The smallest absolute Gasteiger partial charge is 0.268 e. The van der Waals surface area contributed by atoms with Gasteiger partial charge >= 0.3 is 0 Å². The lowest BCUT2D eigenvalue weighted by Gasteiger charge is -2.23. The lowest BCUT2D eigenvalue weighted by Crippen LogP contribution is -2.39. The van der Waals surface area contributed by atoms with Gasteiger partial charge in [0.15, 0.2) is 5.60 Å². The van der Waals surface area contributed by atoms with Crippen LogP contribution in [0.3, 0.4) is 0 Å². The van der Waals surface area contributed by atoms with Crippen LogP contribution in [0, 0.1) is 11.8 Å². The predicted octanol–water partition coefficient (Wildman–Crippen LogP) is 3.26. The number of rotatable bonds is 0. The molecule has 4 rings (SSSR count). The molecule has 3 nitrogen and oxygen atoms in total. The van der Waals surface area contributed by atoms with Crippen molar-refractivity contribution in [3.63, 3.8) is 0 Å². The van der Waals surface area contributed by atoms with E-state index in [2.05, 4.69) is 11.8 Å². The Hall–Kier alpha value is -2.83. The van der Waals surface area contributed by atoms with Gasteiger partial charge in [-0.25, -0.2) is 0 Å². The second-order valence-corrected chi connectivity index (χ2v) is 6.07. The number of para-hydroxylation sites is 1. The van der Waals surface area contributed by atoms with E-state index >= 15 is 0 Å². The van der Waals surface area contributed by atoms with Gasteiger partial charge in [-0.05, 0) is 30.7 Å². The van der Waals surface area contributed by atoms with E-state index in [1.165, 1.54) is 0 Å². The molecule has 0 saturated carbocycles. The van der Waals surface area contributed by atoms with Gasteiger partial charge in [0.1, 0.15) is 0 Å². The number of benzene rings is 2. The molecule has 118 valence electrons. The highest BCUT2D eigenvalue weighted by atomic mass is 16.5. The van der Waals surface area contributed by atoms with Crippen LogP contribution in [0.4, 0.5) is 5.69 Å². The average molecular weight is 315 g/mol. The van der Waals surface area contributed by atoms with Gasteiger partial charge in [0.25, 0.3) is 5.91 Å². The second kappa shape index (κ2) is 5.36. The van der Waals surface area contributed by atoms with Gasteiger partial charge in [0.05, 0.1) is 12.3 Å². The molecule has 0 aliphatic carbocycles. The van der Waals surface area contributed by atoms with E-state index in [1.807, 2.05) is 61.5 Å². The van der Waals surface area contributed by atoms with E-state index in [1.54, 1.807) is 11.9 Å². The van der Waals surface area contributed by atoms with Crippen molar-refractivity contribution in [2.75, 3.05) is 18.6 Å². The van der Waals surface area contributed by atoms with Crippen molar-refractivity contribution in [2.24, 2.45) is 0 Å². The molecule has 24 heavy (non-hydrogen) atoms. The van der Waals surface area contributed by atoms with Crippen molar-refractivity contribution in [1.29, 1.82) is 0 Å². The minimum atomic E-state index is -1.01. The lowest BCUT2D eigenvalue weighted by molar-refractivity contribution is -0.135. The Morgan fingerprint density at radius 3 is 2.54 bits per heavy atom. The molecule has 1 atom stereocenters. The summed E-state index contributed by atoms with van der Waals surface area (Å²) in [7, 11) is 1.79. The zero-order valence-electron chi connectivity index (χ0n) is 13.7. The SMILES string of the molecule is CC1=C(C#Cc2ccccc2)COC12C(=O)N(C)c1ccccc12. The molecule has 0 N–H and O–H groups in total. The largest absolute Gasteiger partial charge is 0.351 e. The highest BCUT2D eigenvalue weighted by Crippen LogP contribution is 2.50. The molecule has 2 aromatic carbocycles. The van der Waals surface area contributed by atoms with Crippen molar-refractivity contribution in [3.05, 3.63) is 76.9 Å². The summed E-state index contributed by atoms with van der Waals surface area (Å²) in [5, 5.41) is 0. The minimum Gasteiger partial charge on any atom is -0.351 e. The van der Waals surface area contributed by atoms with E-state index in [0.717, 1.165) is 28.0 Å². The Bertz CT molecular complexity index is 918. The summed E-state index contributed by atoms with van der Waals surface area (Å²) in [5.74, 6) is 6.32. The topological polar surface area (TPSA) is 29.5 Å². The molecule has 0 saturated heterocycles.